The predicted octanol–water partition coefficient (Wildman–Crippen LogP) is 0.706. The molecule has 1 fully saturated rings. The lowest BCUT2D eigenvalue weighted by molar-refractivity contribution is 0.851. The summed E-state index contributed by atoms with van der Waals surface area (Å²) in [6.45, 7) is 0. The quantitative estimate of drug-likeness (QED) is 0.760. The standard InChI is InChI=1S/C7H10ClN5/c1-13(4-2-3-4)7-11-5(8)10-6(9)12-7/h4H,2-3H2,1H3,(H2,9,10,11,12). The number of nitrogen functional groups attached to an aromatic ring is 1. The summed E-state index contributed by atoms with van der Waals surface area (Å²) in [6, 6.07) is 0.540. The molecule has 2 rings (SSSR count). The molecule has 2 N–H and O–H groups in total. The minimum Gasteiger partial charge on any atom is -0.368 e. The number of nitrogens with two attached hydrogens (primary N) is 1. The molecule has 13 heavy (non-hydrogen) atoms. The van der Waals surface area contributed by atoms with E-state index in [9.17, 15) is 0 Å². The molecule has 5 nitrogen and oxygen atoms in total. The third-order valence-corrected chi connectivity index (χ3v) is 2.19. The van der Waals surface area contributed by atoms with Gasteiger partial charge in [-0.15, -0.1) is 0 Å². The van der Waals surface area contributed by atoms with Crippen LogP contribution in [0.4, 0.5) is 11.9 Å². The first-order valence-electron chi connectivity index (χ1n) is 4.06. The van der Waals surface area contributed by atoms with Crippen LogP contribution in [0.5, 0.6) is 0 Å². The highest BCUT2D eigenvalue weighted by atomic mass is 35.5. The molecule has 70 valence electrons. The van der Waals surface area contributed by atoms with Crippen molar-refractivity contribution in [1.82, 2.24) is 15.0 Å². The summed E-state index contributed by atoms with van der Waals surface area (Å²) in [6.07, 6.45) is 2.36. The lowest BCUT2D eigenvalue weighted by atomic mass is 10.6. The van der Waals surface area contributed by atoms with Crippen LogP contribution in [-0.2, 0) is 0 Å². The second kappa shape index (κ2) is 2.99. The van der Waals surface area contributed by atoms with Gasteiger partial charge in [0.25, 0.3) is 0 Å². The normalized spacial score (nSPS) is 15.8. The Kier molecular flexibility index (Phi) is 1.95. The number of rotatable bonds is 2. The van der Waals surface area contributed by atoms with Gasteiger partial charge in [0.1, 0.15) is 0 Å². The minimum absolute atomic E-state index is 0.148. The van der Waals surface area contributed by atoms with E-state index in [0.717, 1.165) is 0 Å². The van der Waals surface area contributed by atoms with E-state index in [1.807, 2.05) is 11.9 Å². The third kappa shape index (κ3) is 1.80. The minimum atomic E-state index is 0.148. The number of anilines is 2. The van der Waals surface area contributed by atoms with Crippen molar-refractivity contribution in [2.45, 2.75) is 18.9 Å². The Hall–Kier alpha value is -1.10. The summed E-state index contributed by atoms with van der Waals surface area (Å²) in [5, 5.41) is 0.148. The average Bonchev–Trinajstić information content (AvgIpc) is 2.83. The van der Waals surface area contributed by atoms with Crippen molar-refractivity contribution in [3.8, 4) is 0 Å². The maximum absolute atomic E-state index is 5.65. The van der Waals surface area contributed by atoms with E-state index in [1.165, 1.54) is 12.8 Å². The Labute approximate surface area is 80.9 Å². The topological polar surface area (TPSA) is 67.9 Å². The molecule has 1 aliphatic rings. The van der Waals surface area contributed by atoms with Crippen molar-refractivity contribution in [2.24, 2.45) is 0 Å². The van der Waals surface area contributed by atoms with Crippen LogP contribution in [0.2, 0.25) is 5.28 Å². The molecule has 0 radical (unpaired) electrons. The third-order valence-electron chi connectivity index (χ3n) is 2.02. The summed E-state index contributed by atoms with van der Waals surface area (Å²) < 4.78 is 0. The second-order valence-corrected chi connectivity index (χ2v) is 3.44. The first kappa shape index (κ1) is 8.50. The molecule has 0 amide bonds. The number of nitrogens with zero attached hydrogens (tertiary/aromatic N) is 4. The Morgan fingerprint density at radius 1 is 1.38 bits per heavy atom. The maximum atomic E-state index is 5.65. The van der Waals surface area contributed by atoms with Crippen LogP contribution in [0.15, 0.2) is 0 Å². The van der Waals surface area contributed by atoms with E-state index in [0.29, 0.717) is 12.0 Å². The molecule has 1 aromatic heterocycles. The summed E-state index contributed by atoms with van der Waals surface area (Å²) in [4.78, 5) is 13.6. The van der Waals surface area contributed by atoms with Gasteiger partial charge >= 0.3 is 0 Å². The van der Waals surface area contributed by atoms with Gasteiger partial charge < -0.3 is 10.6 Å². The van der Waals surface area contributed by atoms with E-state index in [1.54, 1.807) is 0 Å². The number of hydrogen-bond donors (Lipinski definition) is 1. The molecule has 1 aromatic rings. The van der Waals surface area contributed by atoms with Gasteiger partial charge in [-0.3, -0.25) is 0 Å². The van der Waals surface area contributed by atoms with Crippen LogP contribution < -0.4 is 10.6 Å². The van der Waals surface area contributed by atoms with Crippen molar-refractivity contribution < 1.29 is 0 Å². The molecule has 0 atom stereocenters. The van der Waals surface area contributed by atoms with Crippen molar-refractivity contribution in [3.05, 3.63) is 5.28 Å². The van der Waals surface area contributed by atoms with Crippen LogP contribution in [0, 0.1) is 0 Å². The van der Waals surface area contributed by atoms with Gasteiger partial charge in [0.2, 0.25) is 17.2 Å². The highest BCUT2D eigenvalue weighted by molar-refractivity contribution is 6.28. The van der Waals surface area contributed by atoms with E-state index in [-0.39, 0.29) is 11.2 Å². The van der Waals surface area contributed by atoms with Crippen LogP contribution in [0.1, 0.15) is 12.8 Å². The van der Waals surface area contributed by atoms with E-state index in [2.05, 4.69) is 15.0 Å². The molecule has 1 heterocycles. The van der Waals surface area contributed by atoms with Gasteiger partial charge in [-0.2, -0.15) is 15.0 Å². The highest BCUT2D eigenvalue weighted by Crippen LogP contribution is 2.28. The smallest absolute Gasteiger partial charge is 0.231 e. The highest BCUT2D eigenvalue weighted by Gasteiger charge is 2.28. The lowest BCUT2D eigenvalue weighted by Crippen LogP contribution is -2.22. The Morgan fingerprint density at radius 2 is 2.08 bits per heavy atom. The zero-order chi connectivity index (χ0) is 9.42. The van der Waals surface area contributed by atoms with Gasteiger partial charge in [0.15, 0.2) is 0 Å². The first-order valence-corrected chi connectivity index (χ1v) is 4.44. The molecule has 0 unspecified atom stereocenters. The Balaban J connectivity index is 2.27. The molecule has 6 heteroatoms. The van der Waals surface area contributed by atoms with Gasteiger partial charge in [-0.1, -0.05) is 0 Å². The molecule has 0 saturated heterocycles. The lowest BCUT2D eigenvalue weighted by Gasteiger charge is -2.15. The van der Waals surface area contributed by atoms with Crippen molar-refractivity contribution in [2.75, 3.05) is 17.7 Å². The van der Waals surface area contributed by atoms with Crippen LogP contribution in [0.25, 0.3) is 0 Å². The van der Waals surface area contributed by atoms with E-state index >= 15 is 0 Å². The van der Waals surface area contributed by atoms with Crippen LogP contribution in [0.3, 0.4) is 0 Å². The first-order chi connectivity index (χ1) is 6.16. The SMILES string of the molecule is CN(c1nc(N)nc(Cl)n1)C1CC1. The van der Waals surface area contributed by atoms with Gasteiger partial charge in [-0.25, -0.2) is 0 Å². The fourth-order valence-electron chi connectivity index (χ4n) is 1.14. The zero-order valence-electron chi connectivity index (χ0n) is 7.24. The summed E-state index contributed by atoms with van der Waals surface area (Å²) >= 11 is 5.65. The molecule has 0 aliphatic heterocycles. The van der Waals surface area contributed by atoms with Crippen molar-refractivity contribution in [1.29, 1.82) is 0 Å². The number of hydrogen-bond acceptors (Lipinski definition) is 5. The zero-order valence-corrected chi connectivity index (χ0v) is 7.99. The summed E-state index contributed by atoms with van der Waals surface area (Å²) in [5.41, 5.74) is 5.44. The largest absolute Gasteiger partial charge is 0.368 e. The Morgan fingerprint density at radius 3 is 2.62 bits per heavy atom. The molecular formula is C7H10ClN5. The summed E-state index contributed by atoms with van der Waals surface area (Å²) in [7, 11) is 1.93. The number of halogens is 1. The van der Waals surface area contributed by atoms with Gasteiger partial charge in [0.05, 0.1) is 0 Å². The molecule has 1 saturated carbocycles. The second-order valence-electron chi connectivity index (χ2n) is 3.10. The fourth-order valence-corrected chi connectivity index (χ4v) is 1.30. The van der Waals surface area contributed by atoms with Crippen molar-refractivity contribution >= 4 is 23.5 Å². The van der Waals surface area contributed by atoms with Crippen LogP contribution >= 0.6 is 11.6 Å². The maximum Gasteiger partial charge on any atom is 0.231 e. The molecule has 0 spiro atoms. The fraction of sp³-hybridized carbons (Fsp3) is 0.571. The van der Waals surface area contributed by atoms with E-state index < -0.39 is 0 Å². The van der Waals surface area contributed by atoms with Gasteiger partial charge in [-0.05, 0) is 24.4 Å². The molecule has 0 bridgehead atoms. The van der Waals surface area contributed by atoms with Crippen LogP contribution in [-0.4, -0.2) is 28.0 Å². The van der Waals surface area contributed by atoms with E-state index in [4.69, 9.17) is 17.3 Å². The molecular weight excluding hydrogens is 190 g/mol. The summed E-state index contributed by atoms with van der Waals surface area (Å²) in [5.74, 6) is 0.725. The monoisotopic (exact) mass is 199 g/mol. The van der Waals surface area contributed by atoms with Gasteiger partial charge in [0, 0.05) is 13.1 Å². The predicted molar refractivity (Wildman–Crippen MR) is 50.7 cm³/mol. The number of aromatic nitrogens is 3. The Bertz CT molecular complexity index is 304. The molecule has 0 aromatic carbocycles. The van der Waals surface area contributed by atoms with Crippen molar-refractivity contribution in [3.63, 3.8) is 0 Å². The molecule has 1 aliphatic carbocycles. The average molecular weight is 200 g/mol.